The molecule has 0 spiro atoms. The zero-order valence-electron chi connectivity index (χ0n) is 8.43. The highest BCUT2D eigenvalue weighted by Gasteiger charge is 2.12. The lowest BCUT2D eigenvalue weighted by atomic mass is 10.1. The molecular weight excluding hydrogens is 162 g/mol. The molecule has 2 heteroatoms. The van der Waals surface area contributed by atoms with Gasteiger partial charge in [0, 0.05) is 13.2 Å². The molecule has 1 N–H and O–H groups in total. The summed E-state index contributed by atoms with van der Waals surface area (Å²) < 4.78 is 5.60. The summed E-state index contributed by atoms with van der Waals surface area (Å²) in [5.74, 6) is 0. The van der Waals surface area contributed by atoms with E-state index in [0.717, 1.165) is 26.1 Å². The van der Waals surface area contributed by atoms with Crippen LogP contribution in [0.5, 0.6) is 0 Å². The van der Waals surface area contributed by atoms with Gasteiger partial charge in [0.2, 0.25) is 0 Å². The van der Waals surface area contributed by atoms with Gasteiger partial charge in [0.05, 0.1) is 6.10 Å². The minimum Gasteiger partial charge on any atom is -0.377 e. The third kappa shape index (κ3) is 5.06. The highest BCUT2D eigenvalue weighted by Crippen LogP contribution is 2.11. The molecule has 1 aliphatic heterocycles. The molecule has 0 bridgehead atoms. The van der Waals surface area contributed by atoms with Crippen molar-refractivity contribution in [1.82, 2.24) is 5.32 Å². The zero-order valence-corrected chi connectivity index (χ0v) is 8.43. The summed E-state index contributed by atoms with van der Waals surface area (Å²) in [7, 11) is 0. The molecule has 1 saturated heterocycles. The van der Waals surface area contributed by atoms with Gasteiger partial charge in [-0.15, -0.1) is 6.58 Å². The Bertz CT molecular complexity index is 130. The van der Waals surface area contributed by atoms with Crippen LogP contribution in [0.3, 0.4) is 0 Å². The van der Waals surface area contributed by atoms with E-state index in [0.29, 0.717) is 6.10 Å². The standard InChI is InChI=1S/C11H21NO/c1-2-3-5-8-12-10-11-7-4-6-9-13-11/h2,11-12H,1,3-10H2. The number of ether oxygens (including phenoxy) is 1. The quantitative estimate of drug-likeness (QED) is 0.503. The van der Waals surface area contributed by atoms with Crippen molar-refractivity contribution in [2.75, 3.05) is 19.7 Å². The van der Waals surface area contributed by atoms with E-state index in [-0.39, 0.29) is 0 Å². The molecule has 0 aromatic carbocycles. The zero-order chi connectivity index (χ0) is 9.36. The van der Waals surface area contributed by atoms with Crippen molar-refractivity contribution in [3.8, 4) is 0 Å². The van der Waals surface area contributed by atoms with E-state index in [9.17, 15) is 0 Å². The Kier molecular flexibility index (Phi) is 5.87. The van der Waals surface area contributed by atoms with Gasteiger partial charge in [-0.25, -0.2) is 0 Å². The molecule has 1 aliphatic rings. The normalized spacial score (nSPS) is 22.9. The van der Waals surface area contributed by atoms with Gasteiger partial charge in [-0.2, -0.15) is 0 Å². The summed E-state index contributed by atoms with van der Waals surface area (Å²) in [6.45, 7) is 6.77. The molecule has 0 saturated carbocycles. The van der Waals surface area contributed by atoms with Gasteiger partial charge in [0.1, 0.15) is 0 Å². The van der Waals surface area contributed by atoms with Crippen molar-refractivity contribution < 1.29 is 4.74 Å². The number of nitrogens with one attached hydrogen (secondary N) is 1. The van der Waals surface area contributed by atoms with Crippen LogP contribution in [0.25, 0.3) is 0 Å². The average molecular weight is 183 g/mol. The third-order valence-electron chi connectivity index (χ3n) is 2.41. The molecule has 1 fully saturated rings. The average Bonchev–Trinajstić information content (AvgIpc) is 2.19. The molecule has 0 aliphatic carbocycles. The van der Waals surface area contributed by atoms with E-state index < -0.39 is 0 Å². The van der Waals surface area contributed by atoms with Crippen LogP contribution in [-0.2, 0) is 4.74 Å². The second-order valence-electron chi connectivity index (χ2n) is 3.62. The van der Waals surface area contributed by atoms with E-state index in [1.54, 1.807) is 0 Å². The molecular formula is C11H21NO. The summed E-state index contributed by atoms with van der Waals surface area (Å²) in [4.78, 5) is 0. The smallest absolute Gasteiger partial charge is 0.0699 e. The summed E-state index contributed by atoms with van der Waals surface area (Å²) in [6.07, 6.45) is 8.55. The molecule has 0 amide bonds. The van der Waals surface area contributed by atoms with Gasteiger partial charge in [-0.05, 0) is 38.6 Å². The van der Waals surface area contributed by atoms with Crippen LogP contribution < -0.4 is 5.32 Å². The van der Waals surface area contributed by atoms with Crippen molar-refractivity contribution in [3.05, 3.63) is 12.7 Å². The number of unbranched alkanes of at least 4 members (excludes halogenated alkanes) is 1. The molecule has 1 heterocycles. The molecule has 0 aromatic rings. The van der Waals surface area contributed by atoms with Crippen LogP contribution in [0.1, 0.15) is 32.1 Å². The Morgan fingerprint density at radius 2 is 2.38 bits per heavy atom. The first-order valence-electron chi connectivity index (χ1n) is 5.36. The van der Waals surface area contributed by atoms with E-state index in [2.05, 4.69) is 11.9 Å². The Morgan fingerprint density at radius 3 is 3.08 bits per heavy atom. The lowest BCUT2D eigenvalue weighted by Crippen LogP contribution is -2.32. The predicted octanol–water partition coefficient (Wildman–Crippen LogP) is 2.11. The number of rotatable bonds is 6. The van der Waals surface area contributed by atoms with Crippen molar-refractivity contribution >= 4 is 0 Å². The van der Waals surface area contributed by atoms with Crippen LogP contribution >= 0.6 is 0 Å². The van der Waals surface area contributed by atoms with Gasteiger partial charge >= 0.3 is 0 Å². The van der Waals surface area contributed by atoms with E-state index >= 15 is 0 Å². The summed E-state index contributed by atoms with van der Waals surface area (Å²) in [5.41, 5.74) is 0. The van der Waals surface area contributed by atoms with Gasteiger partial charge in [-0.1, -0.05) is 6.08 Å². The van der Waals surface area contributed by atoms with Crippen LogP contribution in [0.15, 0.2) is 12.7 Å². The van der Waals surface area contributed by atoms with E-state index in [1.165, 1.54) is 25.7 Å². The van der Waals surface area contributed by atoms with E-state index in [1.807, 2.05) is 6.08 Å². The van der Waals surface area contributed by atoms with Crippen LogP contribution in [0, 0.1) is 0 Å². The Balaban J connectivity index is 1.89. The SMILES string of the molecule is C=CCCCNCC1CCCCO1. The first kappa shape index (κ1) is 10.7. The Hall–Kier alpha value is -0.340. The molecule has 0 radical (unpaired) electrons. The molecule has 76 valence electrons. The maximum absolute atomic E-state index is 5.60. The Morgan fingerprint density at radius 1 is 1.46 bits per heavy atom. The highest BCUT2D eigenvalue weighted by atomic mass is 16.5. The first-order valence-corrected chi connectivity index (χ1v) is 5.36. The summed E-state index contributed by atoms with van der Waals surface area (Å²) in [6, 6.07) is 0. The largest absolute Gasteiger partial charge is 0.377 e. The fraction of sp³-hybridized carbons (Fsp3) is 0.818. The minimum absolute atomic E-state index is 0.470. The molecule has 1 unspecified atom stereocenters. The monoisotopic (exact) mass is 183 g/mol. The fourth-order valence-electron chi connectivity index (χ4n) is 1.60. The molecule has 0 aromatic heterocycles. The van der Waals surface area contributed by atoms with Crippen molar-refractivity contribution in [2.24, 2.45) is 0 Å². The van der Waals surface area contributed by atoms with Gasteiger partial charge in [0.15, 0.2) is 0 Å². The molecule has 1 atom stereocenters. The highest BCUT2D eigenvalue weighted by molar-refractivity contribution is 4.69. The molecule has 13 heavy (non-hydrogen) atoms. The topological polar surface area (TPSA) is 21.3 Å². The van der Waals surface area contributed by atoms with Crippen molar-refractivity contribution in [1.29, 1.82) is 0 Å². The van der Waals surface area contributed by atoms with Gasteiger partial charge in [-0.3, -0.25) is 0 Å². The van der Waals surface area contributed by atoms with Crippen LogP contribution in [-0.4, -0.2) is 25.8 Å². The van der Waals surface area contributed by atoms with Crippen molar-refractivity contribution in [3.63, 3.8) is 0 Å². The van der Waals surface area contributed by atoms with Crippen LogP contribution in [0.2, 0.25) is 0 Å². The predicted molar refractivity (Wildman–Crippen MR) is 55.9 cm³/mol. The Labute approximate surface area is 81.4 Å². The first-order chi connectivity index (χ1) is 6.43. The van der Waals surface area contributed by atoms with Gasteiger partial charge < -0.3 is 10.1 Å². The van der Waals surface area contributed by atoms with Gasteiger partial charge in [0.25, 0.3) is 0 Å². The number of hydrogen-bond acceptors (Lipinski definition) is 2. The molecule has 2 nitrogen and oxygen atoms in total. The van der Waals surface area contributed by atoms with Crippen molar-refractivity contribution in [2.45, 2.75) is 38.2 Å². The maximum Gasteiger partial charge on any atom is 0.0699 e. The minimum atomic E-state index is 0.470. The fourth-order valence-corrected chi connectivity index (χ4v) is 1.60. The second kappa shape index (κ2) is 7.10. The third-order valence-corrected chi connectivity index (χ3v) is 2.41. The lowest BCUT2D eigenvalue weighted by molar-refractivity contribution is 0.0170. The molecule has 1 rings (SSSR count). The van der Waals surface area contributed by atoms with Crippen LogP contribution in [0.4, 0.5) is 0 Å². The maximum atomic E-state index is 5.60. The number of hydrogen-bond donors (Lipinski definition) is 1. The number of allylic oxidation sites excluding steroid dienone is 1. The second-order valence-corrected chi connectivity index (χ2v) is 3.62. The van der Waals surface area contributed by atoms with E-state index in [4.69, 9.17) is 4.74 Å². The lowest BCUT2D eigenvalue weighted by Gasteiger charge is -2.22. The summed E-state index contributed by atoms with van der Waals surface area (Å²) >= 11 is 0. The summed E-state index contributed by atoms with van der Waals surface area (Å²) in [5, 5.41) is 3.42.